The zero-order valence-corrected chi connectivity index (χ0v) is 24.4. The van der Waals surface area contributed by atoms with Gasteiger partial charge in [0.15, 0.2) is 5.82 Å². The van der Waals surface area contributed by atoms with E-state index in [1.165, 1.54) is 18.2 Å². The molecule has 1 amide bonds. The molecule has 5 rings (SSSR count). The molecule has 0 radical (unpaired) electrons. The van der Waals surface area contributed by atoms with Crippen LogP contribution in [0.4, 0.5) is 27.4 Å². The molecule has 0 saturated carbocycles. The molecule has 0 spiro atoms. The lowest BCUT2D eigenvalue weighted by Gasteiger charge is -2.32. The Hall–Kier alpha value is -3.87. The zero-order valence-electron chi connectivity index (χ0n) is 23.6. The van der Waals surface area contributed by atoms with E-state index in [9.17, 15) is 14.0 Å². The summed E-state index contributed by atoms with van der Waals surface area (Å²) in [5.41, 5.74) is 1.63. The summed E-state index contributed by atoms with van der Waals surface area (Å²) in [4.78, 5) is 35.4. The number of esters is 1. The molecule has 0 bridgehead atoms. The van der Waals surface area contributed by atoms with Gasteiger partial charge in [0.25, 0.3) is 0 Å². The monoisotopic (exact) mass is 596 g/mol. The van der Waals surface area contributed by atoms with Crippen LogP contribution in [-0.2, 0) is 14.3 Å². The van der Waals surface area contributed by atoms with Crippen molar-refractivity contribution >= 4 is 46.5 Å². The predicted octanol–water partition coefficient (Wildman–Crippen LogP) is 3.65. The Morgan fingerprint density at radius 2 is 1.98 bits per heavy atom. The highest BCUT2D eigenvalue weighted by atomic mass is 35.5. The molecule has 2 aliphatic rings. The Morgan fingerprint density at radius 3 is 2.74 bits per heavy atom. The molecule has 2 saturated heterocycles. The predicted molar refractivity (Wildman–Crippen MR) is 159 cm³/mol. The number of benzene rings is 1. The Balaban J connectivity index is 1.34. The smallest absolute Gasteiger partial charge is 0.310 e. The maximum absolute atomic E-state index is 14.7. The lowest BCUT2D eigenvalue weighted by Crippen LogP contribution is -2.45. The number of aromatic nitrogens is 3. The fourth-order valence-electron chi connectivity index (χ4n) is 4.97. The summed E-state index contributed by atoms with van der Waals surface area (Å²) in [5.74, 6) is -0.287. The Kier molecular flexibility index (Phi) is 9.45. The first-order valence-corrected chi connectivity index (χ1v) is 14.3. The fourth-order valence-corrected chi connectivity index (χ4v) is 5.15. The van der Waals surface area contributed by atoms with Crippen molar-refractivity contribution in [1.82, 2.24) is 25.0 Å². The van der Waals surface area contributed by atoms with Crippen molar-refractivity contribution in [3.05, 3.63) is 53.4 Å². The van der Waals surface area contributed by atoms with Gasteiger partial charge in [-0.25, -0.2) is 9.37 Å². The third kappa shape index (κ3) is 7.50. The zero-order chi connectivity index (χ0) is 29.6. The molecule has 1 atom stereocenters. The Morgan fingerprint density at radius 1 is 1.17 bits per heavy atom. The number of anilines is 4. The minimum atomic E-state index is -0.486. The lowest BCUT2D eigenvalue weighted by molar-refractivity contribution is -0.141. The molecular formula is C29H34ClFN8O3. The molecule has 2 aromatic heterocycles. The number of carbonyl (C=O) groups is 2. The quantitative estimate of drug-likeness (QED) is 0.336. The number of likely N-dealkylation sites (N-methyl/N-ethyl adjacent to an activating group) is 1. The van der Waals surface area contributed by atoms with Crippen molar-refractivity contribution in [2.45, 2.75) is 12.8 Å². The molecule has 42 heavy (non-hydrogen) atoms. The third-order valence-electron chi connectivity index (χ3n) is 7.44. The number of carbonyl (C=O) groups excluding carboxylic acids is 2. The normalized spacial score (nSPS) is 17.6. The number of rotatable bonds is 10. The van der Waals surface area contributed by atoms with Crippen LogP contribution in [0.5, 0.6) is 0 Å². The minimum Gasteiger partial charge on any atom is -0.465 e. The van der Waals surface area contributed by atoms with Crippen molar-refractivity contribution < 1.29 is 18.7 Å². The first kappa shape index (κ1) is 29.6. The molecule has 2 N–H and O–H groups in total. The second-order valence-electron chi connectivity index (χ2n) is 10.6. The summed E-state index contributed by atoms with van der Waals surface area (Å²) >= 11 is 6.13. The molecule has 13 heteroatoms. The van der Waals surface area contributed by atoms with Gasteiger partial charge >= 0.3 is 5.97 Å². The number of nitrogens with one attached hydrogen (secondary N) is 2. The first-order valence-electron chi connectivity index (χ1n) is 13.9. The molecule has 1 aromatic carbocycles. The van der Waals surface area contributed by atoms with E-state index in [0.717, 1.165) is 26.2 Å². The second kappa shape index (κ2) is 13.4. The summed E-state index contributed by atoms with van der Waals surface area (Å²) in [7, 11) is 3.90. The van der Waals surface area contributed by atoms with E-state index in [0.29, 0.717) is 60.6 Å². The average Bonchev–Trinajstić information content (AvgIpc) is 3.38. The minimum absolute atomic E-state index is 0.119. The molecule has 3 aromatic rings. The molecule has 11 nitrogen and oxygen atoms in total. The van der Waals surface area contributed by atoms with Gasteiger partial charge in [0.2, 0.25) is 5.91 Å². The number of amides is 1. The van der Waals surface area contributed by atoms with Gasteiger partial charge in [0, 0.05) is 81.3 Å². The van der Waals surface area contributed by atoms with Gasteiger partial charge in [-0.1, -0.05) is 11.6 Å². The fraction of sp³-hybridized carbons (Fsp3) is 0.414. The van der Waals surface area contributed by atoms with Crippen molar-refractivity contribution in [3.8, 4) is 11.3 Å². The maximum Gasteiger partial charge on any atom is 0.310 e. The van der Waals surface area contributed by atoms with Gasteiger partial charge < -0.3 is 30.1 Å². The highest BCUT2D eigenvalue weighted by Gasteiger charge is 2.29. The first-order chi connectivity index (χ1) is 20.2. The number of hydrogen-bond donors (Lipinski definition) is 2. The van der Waals surface area contributed by atoms with E-state index in [-0.39, 0.29) is 29.1 Å². The van der Waals surface area contributed by atoms with Crippen LogP contribution in [0.1, 0.15) is 12.8 Å². The largest absolute Gasteiger partial charge is 0.465 e. The van der Waals surface area contributed by atoms with Gasteiger partial charge in [-0.05, 0) is 43.8 Å². The second-order valence-corrected chi connectivity index (χ2v) is 11.1. The summed E-state index contributed by atoms with van der Waals surface area (Å²) in [6, 6.07) is 9.37. The van der Waals surface area contributed by atoms with Crippen molar-refractivity contribution in [3.63, 3.8) is 0 Å². The molecule has 2 aliphatic heterocycles. The van der Waals surface area contributed by atoms with E-state index in [1.807, 2.05) is 4.90 Å². The number of halogens is 2. The Labute approximate surface area is 249 Å². The summed E-state index contributed by atoms with van der Waals surface area (Å²) < 4.78 is 19.8. The van der Waals surface area contributed by atoms with Gasteiger partial charge in [-0.3, -0.25) is 9.59 Å². The van der Waals surface area contributed by atoms with Gasteiger partial charge in [-0.2, -0.15) is 0 Å². The van der Waals surface area contributed by atoms with Crippen LogP contribution in [0.15, 0.2) is 42.6 Å². The van der Waals surface area contributed by atoms with Gasteiger partial charge in [-0.15, -0.1) is 10.2 Å². The molecule has 222 valence electrons. The van der Waals surface area contributed by atoms with E-state index >= 15 is 0 Å². The van der Waals surface area contributed by atoms with Crippen LogP contribution in [0, 0.1) is 11.7 Å². The number of hydrogen-bond acceptors (Lipinski definition) is 10. The highest BCUT2D eigenvalue weighted by molar-refractivity contribution is 6.30. The van der Waals surface area contributed by atoms with Crippen molar-refractivity contribution in [1.29, 1.82) is 0 Å². The molecule has 2 fully saturated rings. The number of pyridine rings is 1. The topological polar surface area (TPSA) is 116 Å². The number of nitrogens with zero attached hydrogens (tertiary/aromatic N) is 6. The lowest BCUT2D eigenvalue weighted by atomic mass is 10.1. The summed E-state index contributed by atoms with van der Waals surface area (Å²) in [5, 5.41) is 15.2. The molecular weight excluding hydrogens is 563 g/mol. The highest BCUT2D eigenvalue weighted by Crippen LogP contribution is 2.33. The number of ether oxygens (including phenoxy) is 1. The third-order valence-corrected chi connectivity index (χ3v) is 7.67. The van der Waals surface area contributed by atoms with Crippen LogP contribution >= 0.6 is 11.6 Å². The summed E-state index contributed by atoms with van der Waals surface area (Å²) in [6.07, 6.45) is 2.57. The maximum atomic E-state index is 14.7. The van der Waals surface area contributed by atoms with Gasteiger partial charge in [0.05, 0.1) is 23.9 Å². The molecule has 0 aliphatic carbocycles. The van der Waals surface area contributed by atoms with E-state index in [1.54, 1.807) is 31.4 Å². The van der Waals surface area contributed by atoms with Crippen LogP contribution in [0.25, 0.3) is 11.3 Å². The molecule has 1 unspecified atom stereocenters. The summed E-state index contributed by atoms with van der Waals surface area (Å²) in [6.45, 7) is 5.33. The number of cyclic esters (lactones) is 1. The van der Waals surface area contributed by atoms with E-state index < -0.39 is 5.82 Å². The average molecular weight is 597 g/mol. The SMILES string of the molecule is CN1CCN(CCC(=O)Nc2cc(Nc3cc(-c4cc(Cl)ccc4F)nnc3N(C)CC3CCOC3=O)ccn2)CC1. The number of piperazine rings is 1. The van der Waals surface area contributed by atoms with E-state index in [2.05, 4.69) is 42.7 Å². The van der Waals surface area contributed by atoms with Crippen molar-refractivity contribution in [2.75, 3.05) is 75.5 Å². The van der Waals surface area contributed by atoms with Crippen LogP contribution in [0.3, 0.4) is 0 Å². The Bertz CT molecular complexity index is 1440. The standard InChI is InChI=1S/C29H34ClFN8O3/c1-37-10-12-39(13-11-37)9-6-27(40)34-26-16-21(5-8-32-26)33-25-17-24(22-15-20(30)3-4-23(22)31)35-36-28(25)38(2)18-19-7-14-42-29(19)41/h3-5,8,15-17,19H,6-7,9-14,18H2,1-2H3,(H2,32,33,34,35,40). The van der Waals surface area contributed by atoms with E-state index in [4.69, 9.17) is 16.3 Å². The van der Waals surface area contributed by atoms with Crippen molar-refractivity contribution in [2.24, 2.45) is 5.92 Å². The van der Waals surface area contributed by atoms with Crippen LogP contribution < -0.4 is 15.5 Å². The van der Waals surface area contributed by atoms with Gasteiger partial charge in [0.1, 0.15) is 11.6 Å². The van der Waals surface area contributed by atoms with Crippen LogP contribution in [-0.4, -0.2) is 96.8 Å². The van der Waals surface area contributed by atoms with Crippen LogP contribution in [0.2, 0.25) is 5.02 Å². The molecule has 4 heterocycles.